The van der Waals surface area contributed by atoms with Gasteiger partial charge in [0.25, 0.3) is 0 Å². The molecule has 0 radical (unpaired) electrons. The van der Waals surface area contributed by atoms with Gasteiger partial charge in [-0.1, -0.05) is 48.0 Å². The van der Waals surface area contributed by atoms with Crippen LogP contribution < -0.4 is 5.32 Å². The van der Waals surface area contributed by atoms with Gasteiger partial charge in [-0.3, -0.25) is 4.98 Å². The molecule has 1 aromatic heterocycles. The van der Waals surface area contributed by atoms with Gasteiger partial charge >= 0.3 is 0 Å². The lowest BCUT2D eigenvalue weighted by molar-refractivity contribution is 0.412. The predicted molar refractivity (Wildman–Crippen MR) is 108 cm³/mol. The van der Waals surface area contributed by atoms with Gasteiger partial charge in [-0.25, -0.2) is 0 Å². The van der Waals surface area contributed by atoms with E-state index in [0.717, 1.165) is 21.8 Å². The van der Waals surface area contributed by atoms with Gasteiger partial charge in [0.2, 0.25) is 0 Å². The molecule has 3 rings (SSSR count). The molecule has 0 bridgehead atoms. The van der Waals surface area contributed by atoms with Crippen LogP contribution in [0.5, 0.6) is 0 Å². The molecule has 0 saturated carbocycles. The lowest BCUT2D eigenvalue weighted by atomic mass is 10.2. The summed E-state index contributed by atoms with van der Waals surface area (Å²) in [5, 5.41) is 4.69. The molecule has 0 saturated heterocycles. The second-order valence-corrected chi connectivity index (χ2v) is 6.47. The largest absolute Gasteiger partial charge is 0.340 e. The molecule has 3 aromatic rings. The number of nitrogens with one attached hydrogen (secondary N) is 1. The van der Waals surface area contributed by atoms with Crippen molar-refractivity contribution in [1.29, 1.82) is 0 Å². The Bertz CT molecular complexity index is 825. The average molecular weight is 368 g/mol. The highest BCUT2D eigenvalue weighted by Gasteiger charge is 2.12. The third-order valence-corrected chi connectivity index (χ3v) is 4.27. The average Bonchev–Trinajstić information content (AvgIpc) is 2.63. The van der Waals surface area contributed by atoms with Gasteiger partial charge in [0, 0.05) is 36.2 Å². The summed E-state index contributed by atoms with van der Waals surface area (Å²) in [6.07, 6.45) is 3.63. The molecular weight excluding hydrogens is 350 g/mol. The van der Waals surface area contributed by atoms with E-state index in [-0.39, 0.29) is 0 Å². The van der Waals surface area contributed by atoms with E-state index in [1.807, 2.05) is 72.9 Å². The number of anilines is 1. The molecule has 0 amide bonds. The summed E-state index contributed by atoms with van der Waals surface area (Å²) in [4.78, 5) is 6.29. The first-order valence-electron chi connectivity index (χ1n) is 7.95. The monoisotopic (exact) mass is 367 g/mol. The molecule has 126 valence electrons. The minimum atomic E-state index is 0.661. The van der Waals surface area contributed by atoms with Gasteiger partial charge < -0.3 is 10.2 Å². The van der Waals surface area contributed by atoms with E-state index >= 15 is 0 Å². The Labute approximate surface area is 158 Å². The van der Waals surface area contributed by atoms with Crippen LogP contribution in [-0.2, 0) is 13.1 Å². The maximum Gasteiger partial charge on any atom is 0.174 e. The van der Waals surface area contributed by atoms with Crippen LogP contribution in [0.15, 0.2) is 79.1 Å². The zero-order valence-electron chi connectivity index (χ0n) is 13.6. The summed E-state index contributed by atoms with van der Waals surface area (Å²) < 4.78 is 0. The molecule has 0 aliphatic rings. The van der Waals surface area contributed by atoms with Crippen molar-refractivity contribution in [3.05, 3.63) is 95.3 Å². The van der Waals surface area contributed by atoms with E-state index in [9.17, 15) is 0 Å². The van der Waals surface area contributed by atoms with Crippen LogP contribution in [0.25, 0.3) is 0 Å². The van der Waals surface area contributed by atoms with E-state index in [0.29, 0.717) is 18.2 Å². The number of halogens is 1. The third-order valence-electron chi connectivity index (χ3n) is 3.67. The predicted octanol–water partition coefficient (Wildman–Crippen LogP) is 5.13. The summed E-state index contributed by atoms with van der Waals surface area (Å²) in [5.41, 5.74) is 3.17. The van der Waals surface area contributed by atoms with E-state index in [2.05, 4.69) is 15.2 Å². The molecule has 2 aromatic carbocycles. The number of thiocarbonyl (C=S) groups is 1. The fourth-order valence-corrected chi connectivity index (χ4v) is 2.95. The Morgan fingerprint density at radius 2 is 1.72 bits per heavy atom. The highest BCUT2D eigenvalue weighted by atomic mass is 35.5. The number of para-hydroxylation sites is 1. The van der Waals surface area contributed by atoms with Crippen LogP contribution in [0.2, 0.25) is 5.02 Å². The first kappa shape index (κ1) is 17.4. The van der Waals surface area contributed by atoms with Gasteiger partial charge in [0.15, 0.2) is 5.11 Å². The Hall–Kier alpha value is -2.43. The molecule has 5 heteroatoms. The second-order valence-electron chi connectivity index (χ2n) is 5.64. The fraction of sp³-hybridized carbons (Fsp3) is 0.100. The van der Waals surface area contributed by atoms with Gasteiger partial charge in [-0.05, 0) is 53.7 Å². The van der Waals surface area contributed by atoms with Crippen LogP contribution in [0.4, 0.5) is 5.69 Å². The van der Waals surface area contributed by atoms with Gasteiger partial charge in [0.1, 0.15) is 0 Å². The van der Waals surface area contributed by atoms with E-state index in [1.165, 1.54) is 0 Å². The van der Waals surface area contributed by atoms with Crippen molar-refractivity contribution in [2.24, 2.45) is 0 Å². The maximum atomic E-state index is 6.12. The van der Waals surface area contributed by atoms with Crippen LogP contribution in [0.3, 0.4) is 0 Å². The van der Waals surface area contributed by atoms with Crippen molar-refractivity contribution < 1.29 is 0 Å². The van der Waals surface area contributed by atoms with E-state index in [1.54, 1.807) is 6.20 Å². The van der Waals surface area contributed by atoms with Gasteiger partial charge in [-0.2, -0.15) is 0 Å². The molecule has 3 nitrogen and oxygen atoms in total. The third kappa shape index (κ3) is 5.28. The van der Waals surface area contributed by atoms with Crippen LogP contribution in [0.1, 0.15) is 11.1 Å². The summed E-state index contributed by atoms with van der Waals surface area (Å²) in [6, 6.07) is 21.7. The first-order valence-corrected chi connectivity index (χ1v) is 8.73. The lowest BCUT2D eigenvalue weighted by Gasteiger charge is -2.26. The standard InChI is InChI=1S/C20H18ClN3S/c21-18-8-4-6-16(12-18)14-24(15-17-7-5-11-22-13-17)20(25)23-19-9-2-1-3-10-19/h1-13H,14-15H2,(H,23,25). The van der Waals surface area contributed by atoms with Crippen LogP contribution >= 0.6 is 23.8 Å². The van der Waals surface area contributed by atoms with Crippen molar-refractivity contribution in [1.82, 2.24) is 9.88 Å². The lowest BCUT2D eigenvalue weighted by Crippen LogP contribution is -2.33. The fourth-order valence-electron chi connectivity index (χ4n) is 2.49. The van der Waals surface area contributed by atoms with Crippen molar-refractivity contribution in [3.63, 3.8) is 0 Å². The minimum absolute atomic E-state index is 0.661. The Balaban J connectivity index is 1.79. The maximum absolute atomic E-state index is 6.12. The Kier molecular flexibility index (Phi) is 5.99. The number of aromatic nitrogens is 1. The Morgan fingerprint density at radius 1 is 0.960 bits per heavy atom. The summed E-state index contributed by atoms with van der Waals surface area (Å²) in [7, 11) is 0. The molecular formula is C20H18ClN3S. The van der Waals surface area contributed by atoms with Crippen LogP contribution in [-0.4, -0.2) is 15.0 Å². The van der Waals surface area contributed by atoms with Crippen molar-refractivity contribution in [2.45, 2.75) is 13.1 Å². The number of nitrogens with zero attached hydrogens (tertiary/aromatic N) is 2. The smallest absolute Gasteiger partial charge is 0.174 e. The van der Waals surface area contributed by atoms with Crippen molar-refractivity contribution in [3.8, 4) is 0 Å². The van der Waals surface area contributed by atoms with Gasteiger partial charge in [-0.15, -0.1) is 0 Å². The molecule has 0 unspecified atom stereocenters. The summed E-state index contributed by atoms with van der Waals surface area (Å²) >= 11 is 11.8. The quantitative estimate of drug-likeness (QED) is 0.632. The van der Waals surface area contributed by atoms with Crippen LogP contribution in [0, 0.1) is 0 Å². The summed E-state index contributed by atoms with van der Waals surface area (Å²) in [6.45, 7) is 1.33. The minimum Gasteiger partial charge on any atom is -0.340 e. The molecule has 0 aliphatic heterocycles. The number of hydrogen-bond donors (Lipinski definition) is 1. The van der Waals surface area contributed by atoms with E-state index < -0.39 is 0 Å². The number of hydrogen-bond acceptors (Lipinski definition) is 2. The molecule has 0 fully saturated rings. The second kappa shape index (κ2) is 8.60. The van der Waals surface area contributed by atoms with Crippen molar-refractivity contribution >= 4 is 34.6 Å². The topological polar surface area (TPSA) is 28.2 Å². The molecule has 25 heavy (non-hydrogen) atoms. The molecule has 0 spiro atoms. The highest BCUT2D eigenvalue weighted by molar-refractivity contribution is 7.80. The number of benzene rings is 2. The SMILES string of the molecule is S=C(Nc1ccccc1)N(Cc1cccnc1)Cc1cccc(Cl)c1. The molecule has 0 aliphatic carbocycles. The number of rotatable bonds is 5. The van der Waals surface area contributed by atoms with Gasteiger partial charge in [0.05, 0.1) is 0 Å². The normalized spacial score (nSPS) is 10.3. The number of pyridine rings is 1. The zero-order chi connectivity index (χ0) is 17.5. The molecule has 1 N–H and O–H groups in total. The highest BCUT2D eigenvalue weighted by Crippen LogP contribution is 2.16. The van der Waals surface area contributed by atoms with E-state index in [4.69, 9.17) is 23.8 Å². The molecule has 0 atom stereocenters. The zero-order valence-corrected chi connectivity index (χ0v) is 15.2. The van der Waals surface area contributed by atoms with Crippen molar-refractivity contribution in [2.75, 3.05) is 5.32 Å². The summed E-state index contributed by atoms with van der Waals surface area (Å²) in [5.74, 6) is 0. The first-order chi connectivity index (χ1) is 12.2. The Morgan fingerprint density at radius 3 is 2.44 bits per heavy atom. The molecule has 1 heterocycles.